The average molecular weight is 566 g/mol. The van der Waals surface area contributed by atoms with Crippen LogP contribution in [0.15, 0.2) is 103 Å². The van der Waals surface area contributed by atoms with Crippen molar-refractivity contribution in [3.8, 4) is 11.5 Å². The van der Waals surface area contributed by atoms with Gasteiger partial charge in [0.25, 0.3) is 5.91 Å². The van der Waals surface area contributed by atoms with Crippen molar-refractivity contribution in [2.24, 2.45) is 0 Å². The molecule has 0 radical (unpaired) electrons. The van der Waals surface area contributed by atoms with E-state index in [9.17, 15) is 14.7 Å². The van der Waals surface area contributed by atoms with E-state index in [0.29, 0.717) is 36.9 Å². The third-order valence-corrected chi connectivity index (χ3v) is 7.34. The molecule has 0 saturated heterocycles. The van der Waals surface area contributed by atoms with Gasteiger partial charge in [0.05, 0.1) is 12.7 Å². The smallest absolute Gasteiger partial charge is 0.326 e. The zero-order valence-corrected chi connectivity index (χ0v) is 23.4. The van der Waals surface area contributed by atoms with E-state index >= 15 is 0 Å². The van der Waals surface area contributed by atoms with Crippen molar-refractivity contribution >= 4 is 11.9 Å². The summed E-state index contributed by atoms with van der Waals surface area (Å²) in [7, 11) is 0. The van der Waals surface area contributed by atoms with Gasteiger partial charge in [-0.1, -0.05) is 66.7 Å². The number of carboxylic acid groups (broad SMARTS) is 1. The Balaban J connectivity index is 1.05. The molecule has 7 heteroatoms. The van der Waals surface area contributed by atoms with Crippen LogP contribution in [0, 0.1) is 0 Å². The molecule has 1 amide bonds. The molecule has 4 aromatic rings. The van der Waals surface area contributed by atoms with Crippen molar-refractivity contribution in [2.45, 2.75) is 44.4 Å². The van der Waals surface area contributed by atoms with Crippen LogP contribution in [0.4, 0.5) is 0 Å². The zero-order valence-electron chi connectivity index (χ0n) is 23.4. The summed E-state index contributed by atoms with van der Waals surface area (Å²) in [6.07, 6.45) is 3.30. The number of benzene rings is 4. The molecule has 0 aliphatic heterocycles. The van der Waals surface area contributed by atoms with Crippen LogP contribution in [0.5, 0.6) is 11.5 Å². The van der Waals surface area contributed by atoms with Gasteiger partial charge in [-0.15, -0.1) is 0 Å². The minimum Gasteiger partial charge on any atom is -0.491 e. The number of amides is 1. The minimum absolute atomic E-state index is 0.147. The van der Waals surface area contributed by atoms with Crippen LogP contribution in [0.3, 0.4) is 0 Å². The number of hydrogen-bond acceptors (Lipinski definition) is 5. The molecule has 0 spiro atoms. The average Bonchev–Trinajstić information content (AvgIpc) is 3.03. The Bertz CT molecular complexity index is 1450. The maximum atomic E-state index is 12.8. The van der Waals surface area contributed by atoms with Gasteiger partial charge in [-0.3, -0.25) is 4.79 Å². The lowest BCUT2D eigenvalue weighted by molar-refractivity contribution is -0.139. The number of aryl methyl sites for hydroxylation is 1. The summed E-state index contributed by atoms with van der Waals surface area (Å²) >= 11 is 0. The molecular weight excluding hydrogens is 530 g/mol. The van der Waals surface area contributed by atoms with Gasteiger partial charge in [0.1, 0.15) is 30.8 Å². The highest BCUT2D eigenvalue weighted by molar-refractivity contribution is 5.96. The molecule has 0 bridgehead atoms. The SMILES string of the molecule is O=C(N[C@@H](Cc1ccc(OCc2ccccc2)cc1)C(=O)O)c1ccc(OCCO[C@H]2CCc3ccccc3C2)cc1. The summed E-state index contributed by atoms with van der Waals surface area (Å²) in [5, 5.41) is 12.4. The normalized spacial score (nSPS) is 14.8. The number of ether oxygens (including phenoxy) is 3. The largest absolute Gasteiger partial charge is 0.491 e. The molecule has 0 heterocycles. The zero-order chi connectivity index (χ0) is 29.1. The molecule has 4 aromatic carbocycles. The van der Waals surface area contributed by atoms with Crippen LogP contribution < -0.4 is 14.8 Å². The van der Waals surface area contributed by atoms with Gasteiger partial charge in [0.15, 0.2) is 0 Å². The maximum Gasteiger partial charge on any atom is 0.326 e. The van der Waals surface area contributed by atoms with E-state index in [2.05, 4.69) is 29.6 Å². The molecule has 1 aliphatic rings. The summed E-state index contributed by atoms with van der Waals surface area (Å²) in [6, 6.07) is 31.2. The van der Waals surface area contributed by atoms with E-state index in [4.69, 9.17) is 14.2 Å². The second kappa shape index (κ2) is 14.3. The Morgan fingerprint density at radius 3 is 2.17 bits per heavy atom. The molecule has 0 aromatic heterocycles. The first-order chi connectivity index (χ1) is 20.5. The van der Waals surface area contributed by atoms with E-state index in [0.717, 1.165) is 30.4 Å². The summed E-state index contributed by atoms with van der Waals surface area (Å²) in [6.45, 7) is 1.33. The number of hydrogen-bond donors (Lipinski definition) is 2. The summed E-state index contributed by atoms with van der Waals surface area (Å²) in [4.78, 5) is 24.7. The van der Waals surface area contributed by atoms with E-state index in [1.165, 1.54) is 11.1 Å². The van der Waals surface area contributed by atoms with E-state index in [1.54, 1.807) is 36.4 Å². The lowest BCUT2D eigenvalue weighted by atomic mass is 9.90. The lowest BCUT2D eigenvalue weighted by Crippen LogP contribution is -2.42. The van der Waals surface area contributed by atoms with Crippen LogP contribution >= 0.6 is 0 Å². The van der Waals surface area contributed by atoms with E-state index in [1.807, 2.05) is 42.5 Å². The Labute approximate surface area is 246 Å². The fourth-order valence-corrected chi connectivity index (χ4v) is 5.02. The predicted molar refractivity (Wildman–Crippen MR) is 160 cm³/mol. The second-order valence-corrected chi connectivity index (χ2v) is 10.4. The first-order valence-corrected chi connectivity index (χ1v) is 14.2. The molecule has 0 unspecified atom stereocenters. The Morgan fingerprint density at radius 1 is 0.762 bits per heavy atom. The predicted octanol–water partition coefficient (Wildman–Crippen LogP) is 5.64. The van der Waals surface area contributed by atoms with Crippen molar-refractivity contribution < 1.29 is 28.9 Å². The highest BCUT2D eigenvalue weighted by Gasteiger charge is 2.22. The monoisotopic (exact) mass is 565 g/mol. The fraction of sp³-hybridized carbons (Fsp3) is 0.257. The van der Waals surface area contributed by atoms with Crippen LogP contribution in [0.2, 0.25) is 0 Å². The maximum absolute atomic E-state index is 12.8. The van der Waals surface area contributed by atoms with Gasteiger partial charge in [-0.05, 0) is 77.9 Å². The van der Waals surface area contributed by atoms with Crippen molar-refractivity contribution in [3.05, 3.63) is 131 Å². The van der Waals surface area contributed by atoms with Crippen molar-refractivity contribution in [2.75, 3.05) is 13.2 Å². The standard InChI is InChI=1S/C35H35NO6/c37-34(36-33(35(38)39)22-25-10-15-31(16-11-25)42-24-26-6-2-1-3-7-26)28-13-17-30(18-14-28)40-20-21-41-32-19-12-27-8-4-5-9-29(27)23-32/h1-11,13-18,32-33H,12,19-24H2,(H,36,37)(H,38,39)/t32-,33-/m0/s1. The van der Waals surface area contributed by atoms with Gasteiger partial charge in [-0.2, -0.15) is 0 Å². The van der Waals surface area contributed by atoms with Gasteiger partial charge in [0.2, 0.25) is 0 Å². The van der Waals surface area contributed by atoms with Crippen LogP contribution in [0.25, 0.3) is 0 Å². The number of fused-ring (bicyclic) bond motifs is 1. The van der Waals surface area contributed by atoms with Gasteiger partial charge >= 0.3 is 5.97 Å². The Kier molecular flexibility index (Phi) is 9.86. The second-order valence-electron chi connectivity index (χ2n) is 10.4. The number of aliphatic carboxylic acids is 1. The van der Waals surface area contributed by atoms with Crippen molar-refractivity contribution in [1.29, 1.82) is 0 Å². The summed E-state index contributed by atoms with van der Waals surface area (Å²) in [5.74, 6) is -0.257. The van der Waals surface area contributed by atoms with E-state index < -0.39 is 17.9 Å². The number of carbonyl (C=O) groups is 2. The molecule has 0 fully saturated rings. The summed E-state index contributed by atoms with van der Waals surface area (Å²) < 4.78 is 17.6. The quantitative estimate of drug-likeness (QED) is 0.204. The van der Waals surface area contributed by atoms with E-state index in [-0.39, 0.29) is 12.5 Å². The molecule has 0 saturated carbocycles. The van der Waals surface area contributed by atoms with Crippen LogP contribution in [-0.2, 0) is 35.4 Å². The third-order valence-electron chi connectivity index (χ3n) is 7.34. The first-order valence-electron chi connectivity index (χ1n) is 14.2. The molecule has 2 N–H and O–H groups in total. The molecule has 42 heavy (non-hydrogen) atoms. The Hall–Kier alpha value is -4.62. The van der Waals surface area contributed by atoms with Crippen LogP contribution in [-0.4, -0.2) is 42.3 Å². The molecule has 1 aliphatic carbocycles. The fourth-order valence-electron chi connectivity index (χ4n) is 5.02. The molecule has 2 atom stereocenters. The highest BCUT2D eigenvalue weighted by Crippen LogP contribution is 2.23. The number of rotatable bonds is 13. The Morgan fingerprint density at radius 2 is 1.43 bits per heavy atom. The first kappa shape index (κ1) is 28.9. The highest BCUT2D eigenvalue weighted by atomic mass is 16.5. The molecule has 7 nitrogen and oxygen atoms in total. The van der Waals surface area contributed by atoms with Gasteiger partial charge in [0, 0.05) is 12.0 Å². The van der Waals surface area contributed by atoms with Crippen molar-refractivity contribution in [3.63, 3.8) is 0 Å². The number of carboxylic acids is 1. The number of nitrogens with one attached hydrogen (secondary N) is 1. The summed E-state index contributed by atoms with van der Waals surface area (Å²) in [5.41, 5.74) is 4.96. The molecular formula is C35H35NO6. The molecule has 5 rings (SSSR count). The third kappa shape index (κ3) is 8.21. The number of carbonyl (C=O) groups excluding carboxylic acids is 1. The minimum atomic E-state index is -1.10. The van der Waals surface area contributed by atoms with Gasteiger partial charge < -0.3 is 24.6 Å². The molecule has 216 valence electrons. The van der Waals surface area contributed by atoms with Crippen LogP contribution in [0.1, 0.15) is 39.0 Å². The lowest BCUT2D eigenvalue weighted by Gasteiger charge is -2.24. The van der Waals surface area contributed by atoms with Gasteiger partial charge in [-0.25, -0.2) is 4.79 Å². The van der Waals surface area contributed by atoms with Crippen molar-refractivity contribution in [1.82, 2.24) is 5.32 Å². The topological polar surface area (TPSA) is 94.1 Å².